The fourth-order valence-electron chi connectivity index (χ4n) is 2.52. The number of anilines is 1. The number of rotatable bonds is 8. The third-order valence-electron chi connectivity index (χ3n) is 3.73. The molecular weight excluding hydrogens is 354 g/mol. The van der Waals surface area contributed by atoms with Crippen molar-refractivity contribution in [3.63, 3.8) is 0 Å². The summed E-state index contributed by atoms with van der Waals surface area (Å²) in [5, 5.41) is 3.75. The fraction of sp³-hybridized carbons (Fsp3) is 0.263. The van der Waals surface area contributed by atoms with Crippen molar-refractivity contribution in [2.24, 2.45) is 0 Å². The van der Waals surface area contributed by atoms with Gasteiger partial charge in [0.2, 0.25) is 0 Å². The van der Waals surface area contributed by atoms with Gasteiger partial charge in [-0.3, -0.25) is 9.20 Å². The molecule has 2 aromatic heterocycles. The van der Waals surface area contributed by atoms with Crippen LogP contribution in [0, 0.1) is 0 Å². The number of fused-ring (bicyclic) bond motifs is 1. The topological polar surface area (TPSA) is 64.9 Å². The van der Waals surface area contributed by atoms with Gasteiger partial charge in [0.05, 0.1) is 29.6 Å². The lowest BCUT2D eigenvalue weighted by atomic mass is 10.2. The molecule has 0 bridgehead atoms. The molecule has 0 aliphatic heterocycles. The molecule has 26 heavy (non-hydrogen) atoms. The van der Waals surface area contributed by atoms with Gasteiger partial charge in [-0.1, -0.05) is 23.7 Å². The smallest absolute Gasteiger partial charge is 0.258 e. The summed E-state index contributed by atoms with van der Waals surface area (Å²) < 4.78 is 12.5. The van der Waals surface area contributed by atoms with Crippen LogP contribution in [-0.4, -0.2) is 29.2 Å². The van der Waals surface area contributed by atoms with E-state index in [1.807, 2.05) is 25.1 Å². The molecule has 1 N–H and O–H groups in total. The summed E-state index contributed by atoms with van der Waals surface area (Å²) in [4.78, 5) is 16.7. The second-order valence-corrected chi connectivity index (χ2v) is 5.94. The molecule has 0 fully saturated rings. The van der Waals surface area contributed by atoms with Crippen LogP contribution in [0.15, 0.2) is 53.5 Å². The summed E-state index contributed by atoms with van der Waals surface area (Å²) in [5.41, 5.74) is 1.87. The summed E-state index contributed by atoms with van der Waals surface area (Å²) in [7, 11) is 0. The Morgan fingerprint density at radius 1 is 1.19 bits per heavy atom. The normalized spacial score (nSPS) is 10.8. The number of hydrogen-bond acceptors (Lipinski definition) is 5. The quantitative estimate of drug-likeness (QED) is 0.613. The second kappa shape index (κ2) is 8.69. The van der Waals surface area contributed by atoms with E-state index in [0.717, 1.165) is 5.69 Å². The predicted octanol–water partition coefficient (Wildman–Crippen LogP) is 3.38. The van der Waals surface area contributed by atoms with E-state index in [1.54, 1.807) is 24.4 Å². The molecule has 0 unspecified atom stereocenters. The highest BCUT2D eigenvalue weighted by molar-refractivity contribution is 6.32. The maximum atomic E-state index is 12.2. The monoisotopic (exact) mass is 373 g/mol. The lowest BCUT2D eigenvalue weighted by molar-refractivity contribution is 0.110. The molecule has 0 atom stereocenters. The maximum absolute atomic E-state index is 12.2. The number of hydrogen-bond donors (Lipinski definition) is 1. The van der Waals surface area contributed by atoms with Crippen LogP contribution in [0.25, 0.3) is 5.65 Å². The van der Waals surface area contributed by atoms with Crippen LogP contribution >= 0.6 is 11.6 Å². The molecule has 0 aliphatic rings. The first-order valence-corrected chi connectivity index (χ1v) is 8.77. The van der Waals surface area contributed by atoms with Gasteiger partial charge in [-0.15, -0.1) is 0 Å². The predicted molar refractivity (Wildman–Crippen MR) is 102 cm³/mol. The standard InChI is InChI=1S/C19H20ClN3O3/c1-2-25-10-11-26-19-15(20)6-5-7-16(19)21-13-14-12-18(24)23-9-4-3-8-17(23)22-14/h3-9,12,21H,2,10-11,13H2,1H3. The first-order valence-electron chi connectivity index (χ1n) is 8.39. The average molecular weight is 374 g/mol. The molecule has 0 saturated carbocycles. The van der Waals surface area contributed by atoms with Crippen LogP contribution in [0.4, 0.5) is 5.69 Å². The number of benzene rings is 1. The molecular formula is C19H20ClN3O3. The Morgan fingerprint density at radius 2 is 2.08 bits per heavy atom. The van der Waals surface area contributed by atoms with Gasteiger partial charge in [-0.05, 0) is 31.2 Å². The Bertz CT molecular complexity index is 943. The van der Waals surface area contributed by atoms with Gasteiger partial charge in [-0.2, -0.15) is 0 Å². The minimum atomic E-state index is -0.119. The minimum Gasteiger partial charge on any atom is -0.487 e. The van der Waals surface area contributed by atoms with Crippen LogP contribution in [0.2, 0.25) is 5.02 Å². The van der Waals surface area contributed by atoms with E-state index in [0.29, 0.717) is 48.5 Å². The van der Waals surface area contributed by atoms with Crippen molar-refractivity contribution in [3.8, 4) is 5.75 Å². The summed E-state index contributed by atoms with van der Waals surface area (Å²) in [6, 6.07) is 12.4. The minimum absolute atomic E-state index is 0.119. The summed E-state index contributed by atoms with van der Waals surface area (Å²) >= 11 is 6.25. The number of halogens is 1. The SMILES string of the molecule is CCOCCOc1c(Cl)cccc1NCc1cc(=O)n2ccccc2n1. The van der Waals surface area contributed by atoms with E-state index in [2.05, 4.69) is 10.3 Å². The van der Waals surface area contributed by atoms with E-state index >= 15 is 0 Å². The van der Waals surface area contributed by atoms with E-state index in [-0.39, 0.29) is 5.56 Å². The van der Waals surface area contributed by atoms with Gasteiger partial charge >= 0.3 is 0 Å². The van der Waals surface area contributed by atoms with Crippen LogP contribution in [0.1, 0.15) is 12.6 Å². The molecule has 2 heterocycles. The zero-order valence-electron chi connectivity index (χ0n) is 14.4. The highest BCUT2D eigenvalue weighted by Crippen LogP contribution is 2.33. The van der Waals surface area contributed by atoms with Crippen LogP contribution in [0.3, 0.4) is 0 Å². The van der Waals surface area contributed by atoms with Crippen molar-refractivity contribution in [3.05, 3.63) is 69.7 Å². The first-order chi connectivity index (χ1) is 12.7. The molecule has 0 amide bonds. The van der Waals surface area contributed by atoms with Gasteiger partial charge in [0.25, 0.3) is 5.56 Å². The Kier molecular flexibility index (Phi) is 6.09. The third kappa shape index (κ3) is 4.33. The Balaban J connectivity index is 1.75. The molecule has 0 aliphatic carbocycles. The second-order valence-electron chi connectivity index (χ2n) is 5.53. The van der Waals surface area contributed by atoms with Crippen molar-refractivity contribution in [1.82, 2.24) is 9.38 Å². The molecule has 136 valence electrons. The number of nitrogens with zero attached hydrogens (tertiary/aromatic N) is 2. The number of para-hydroxylation sites is 1. The van der Waals surface area contributed by atoms with Gasteiger partial charge in [-0.25, -0.2) is 4.98 Å². The largest absolute Gasteiger partial charge is 0.487 e. The Labute approximate surface area is 156 Å². The summed E-state index contributed by atoms with van der Waals surface area (Å²) in [6.45, 7) is 3.84. The zero-order chi connectivity index (χ0) is 18.4. The van der Waals surface area contributed by atoms with Crippen molar-refractivity contribution < 1.29 is 9.47 Å². The van der Waals surface area contributed by atoms with Crippen molar-refractivity contribution in [2.75, 3.05) is 25.1 Å². The Morgan fingerprint density at radius 3 is 2.92 bits per heavy atom. The van der Waals surface area contributed by atoms with Gasteiger partial charge < -0.3 is 14.8 Å². The summed E-state index contributed by atoms with van der Waals surface area (Å²) in [6.07, 6.45) is 1.70. The lowest BCUT2D eigenvalue weighted by Gasteiger charge is -2.14. The highest BCUT2D eigenvalue weighted by atomic mass is 35.5. The molecule has 3 aromatic rings. The molecule has 7 heteroatoms. The lowest BCUT2D eigenvalue weighted by Crippen LogP contribution is -2.16. The maximum Gasteiger partial charge on any atom is 0.258 e. The molecule has 1 aromatic carbocycles. The zero-order valence-corrected chi connectivity index (χ0v) is 15.2. The van der Waals surface area contributed by atoms with Crippen LogP contribution in [-0.2, 0) is 11.3 Å². The molecule has 3 rings (SSSR count). The molecule has 6 nitrogen and oxygen atoms in total. The average Bonchev–Trinajstić information content (AvgIpc) is 2.65. The Hall–Kier alpha value is -2.57. The fourth-order valence-corrected chi connectivity index (χ4v) is 2.75. The number of nitrogens with one attached hydrogen (secondary N) is 1. The number of ether oxygens (including phenoxy) is 2. The number of aromatic nitrogens is 2. The van der Waals surface area contributed by atoms with E-state index in [1.165, 1.54) is 10.5 Å². The first kappa shape index (κ1) is 18.2. The number of pyridine rings is 1. The van der Waals surface area contributed by atoms with E-state index < -0.39 is 0 Å². The van der Waals surface area contributed by atoms with E-state index in [4.69, 9.17) is 21.1 Å². The van der Waals surface area contributed by atoms with Crippen LogP contribution in [0.5, 0.6) is 5.75 Å². The van der Waals surface area contributed by atoms with Crippen molar-refractivity contribution >= 4 is 22.9 Å². The van der Waals surface area contributed by atoms with Crippen molar-refractivity contribution in [2.45, 2.75) is 13.5 Å². The highest BCUT2D eigenvalue weighted by Gasteiger charge is 2.09. The molecule has 0 spiro atoms. The van der Waals surface area contributed by atoms with Crippen LogP contribution < -0.4 is 15.6 Å². The van der Waals surface area contributed by atoms with Gasteiger partial charge in [0, 0.05) is 18.9 Å². The summed E-state index contributed by atoms with van der Waals surface area (Å²) in [5.74, 6) is 0.561. The van der Waals surface area contributed by atoms with E-state index in [9.17, 15) is 4.79 Å². The molecule has 0 saturated heterocycles. The van der Waals surface area contributed by atoms with Gasteiger partial charge in [0.1, 0.15) is 12.3 Å². The third-order valence-corrected chi connectivity index (χ3v) is 4.03. The van der Waals surface area contributed by atoms with Gasteiger partial charge in [0.15, 0.2) is 5.75 Å². The molecule has 0 radical (unpaired) electrons. The van der Waals surface area contributed by atoms with Crippen molar-refractivity contribution in [1.29, 1.82) is 0 Å².